The first-order valence-corrected chi connectivity index (χ1v) is 6.97. The first-order chi connectivity index (χ1) is 9.74. The van der Waals surface area contributed by atoms with Crippen LogP contribution in [0.25, 0.3) is 0 Å². The summed E-state index contributed by atoms with van der Waals surface area (Å²) in [4.78, 5) is 0. The molecule has 0 amide bonds. The molecule has 6 nitrogen and oxygen atoms in total. The lowest BCUT2D eigenvalue weighted by Gasteiger charge is -2.19. The van der Waals surface area contributed by atoms with Crippen LogP contribution in [0.3, 0.4) is 0 Å². The Bertz CT molecular complexity index is 438. The molecule has 6 heteroatoms. The van der Waals surface area contributed by atoms with E-state index in [1.807, 2.05) is 23.2 Å². The second-order valence-corrected chi connectivity index (χ2v) is 4.84. The van der Waals surface area contributed by atoms with E-state index in [9.17, 15) is 0 Å². The molecule has 1 saturated heterocycles. The standard InChI is InChI=1S/C14H22N6/c15-13(17-9-8-12-6-2-1-3-7-12)18-14(16)19-20-10-4-5-11-20/h1-3,6-7H,4-5,8-11H2,(H5,15,16,17,18,19). The summed E-state index contributed by atoms with van der Waals surface area (Å²) < 4.78 is 0. The third-order valence-corrected chi connectivity index (χ3v) is 3.18. The molecule has 1 aliphatic heterocycles. The van der Waals surface area contributed by atoms with Crippen LogP contribution in [0.2, 0.25) is 0 Å². The number of rotatable bonds is 4. The molecule has 1 fully saturated rings. The summed E-state index contributed by atoms with van der Waals surface area (Å²) >= 11 is 0. The fourth-order valence-electron chi connectivity index (χ4n) is 2.16. The quantitative estimate of drug-likeness (QED) is 0.417. The molecule has 1 aromatic carbocycles. The maximum Gasteiger partial charge on any atom is 0.210 e. The Balaban J connectivity index is 1.61. The van der Waals surface area contributed by atoms with Crippen molar-refractivity contribution in [2.45, 2.75) is 19.3 Å². The predicted molar refractivity (Wildman–Crippen MR) is 80.7 cm³/mol. The third-order valence-electron chi connectivity index (χ3n) is 3.18. The van der Waals surface area contributed by atoms with Crippen LogP contribution >= 0.6 is 0 Å². The van der Waals surface area contributed by atoms with Crippen molar-refractivity contribution in [2.75, 3.05) is 19.6 Å². The summed E-state index contributed by atoms with van der Waals surface area (Å²) in [5.74, 6) is 0.293. The van der Waals surface area contributed by atoms with E-state index in [1.165, 1.54) is 5.56 Å². The number of hydrogen-bond acceptors (Lipinski definition) is 3. The number of hydrogen-bond donors (Lipinski definition) is 5. The minimum Gasteiger partial charge on any atom is -0.356 e. The summed E-state index contributed by atoms with van der Waals surface area (Å²) in [6, 6.07) is 10.1. The molecule has 0 radical (unpaired) electrons. The zero-order valence-corrected chi connectivity index (χ0v) is 11.6. The average molecular weight is 274 g/mol. The lowest BCUT2D eigenvalue weighted by Crippen LogP contribution is -2.51. The van der Waals surface area contributed by atoms with Gasteiger partial charge in [-0.1, -0.05) is 30.3 Å². The number of guanidine groups is 2. The average Bonchev–Trinajstić information content (AvgIpc) is 2.92. The van der Waals surface area contributed by atoms with Crippen molar-refractivity contribution < 1.29 is 0 Å². The minimum atomic E-state index is 0.143. The van der Waals surface area contributed by atoms with E-state index in [4.69, 9.17) is 10.8 Å². The van der Waals surface area contributed by atoms with Gasteiger partial charge in [-0.05, 0) is 24.8 Å². The summed E-state index contributed by atoms with van der Waals surface area (Å²) in [5.41, 5.74) is 4.18. The molecule has 1 heterocycles. The topological polar surface area (TPSA) is 87.0 Å². The van der Waals surface area contributed by atoms with Gasteiger partial charge in [0.25, 0.3) is 0 Å². The van der Waals surface area contributed by atoms with Crippen LogP contribution in [0, 0.1) is 10.8 Å². The molecular formula is C14H22N6. The van der Waals surface area contributed by atoms with Gasteiger partial charge in [-0.3, -0.25) is 21.6 Å². The molecular weight excluding hydrogens is 252 g/mol. The zero-order valence-electron chi connectivity index (χ0n) is 11.6. The van der Waals surface area contributed by atoms with Gasteiger partial charge in [-0.2, -0.15) is 0 Å². The van der Waals surface area contributed by atoms with Crippen molar-refractivity contribution in [3.05, 3.63) is 35.9 Å². The normalized spacial score (nSPS) is 14.8. The molecule has 2 rings (SSSR count). The Morgan fingerprint density at radius 2 is 1.75 bits per heavy atom. The summed E-state index contributed by atoms with van der Waals surface area (Å²) in [7, 11) is 0. The molecule has 1 aromatic rings. The highest BCUT2D eigenvalue weighted by molar-refractivity contribution is 5.95. The monoisotopic (exact) mass is 274 g/mol. The van der Waals surface area contributed by atoms with Gasteiger partial charge in [0, 0.05) is 19.6 Å². The van der Waals surface area contributed by atoms with Crippen molar-refractivity contribution in [1.29, 1.82) is 10.8 Å². The van der Waals surface area contributed by atoms with E-state index in [1.54, 1.807) is 0 Å². The van der Waals surface area contributed by atoms with Gasteiger partial charge < -0.3 is 5.32 Å². The first-order valence-electron chi connectivity index (χ1n) is 6.97. The first kappa shape index (κ1) is 14.3. The number of hydrazine groups is 1. The van der Waals surface area contributed by atoms with Gasteiger partial charge >= 0.3 is 0 Å². The SMILES string of the molecule is N=C(NCCc1ccccc1)NC(=N)NN1CCCC1. The molecule has 0 atom stereocenters. The Kier molecular flexibility index (Phi) is 5.37. The lowest BCUT2D eigenvalue weighted by molar-refractivity contribution is 0.291. The molecule has 0 saturated carbocycles. The van der Waals surface area contributed by atoms with Crippen LogP contribution in [0.4, 0.5) is 0 Å². The van der Waals surface area contributed by atoms with Crippen molar-refractivity contribution in [1.82, 2.24) is 21.1 Å². The van der Waals surface area contributed by atoms with Crippen molar-refractivity contribution in [3.63, 3.8) is 0 Å². The number of nitrogens with zero attached hydrogens (tertiary/aromatic N) is 1. The third kappa shape index (κ3) is 4.89. The van der Waals surface area contributed by atoms with E-state index >= 15 is 0 Å². The summed E-state index contributed by atoms with van der Waals surface area (Å²) in [6.45, 7) is 2.59. The molecule has 1 aliphatic rings. The van der Waals surface area contributed by atoms with Crippen LogP contribution in [-0.4, -0.2) is 36.6 Å². The molecule has 0 bridgehead atoms. The van der Waals surface area contributed by atoms with Crippen LogP contribution in [0.15, 0.2) is 30.3 Å². The maximum absolute atomic E-state index is 7.74. The van der Waals surface area contributed by atoms with E-state index < -0.39 is 0 Å². The molecule has 0 aromatic heterocycles. The molecule has 0 aliphatic carbocycles. The highest BCUT2D eigenvalue weighted by Gasteiger charge is 2.12. The van der Waals surface area contributed by atoms with Gasteiger partial charge in [0.05, 0.1) is 0 Å². The molecule has 0 unspecified atom stereocenters. The lowest BCUT2D eigenvalue weighted by atomic mass is 10.1. The summed E-state index contributed by atoms with van der Waals surface area (Å²) in [5, 5.41) is 23.1. The van der Waals surface area contributed by atoms with Gasteiger partial charge in [0.1, 0.15) is 0 Å². The highest BCUT2D eigenvalue weighted by Crippen LogP contribution is 2.02. The van der Waals surface area contributed by atoms with Gasteiger partial charge in [-0.15, -0.1) is 0 Å². The summed E-state index contributed by atoms with van der Waals surface area (Å²) in [6.07, 6.45) is 3.18. The fourth-order valence-corrected chi connectivity index (χ4v) is 2.16. The van der Waals surface area contributed by atoms with Crippen molar-refractivity contribution in [3.8, 4) is 0 Å². The molecule has 108 valence electrons. The van der Waals surface area contributed by atoms with E-state index in [0.717, 1.165) is 32.4 Å². The van der Waals surface area contributed by atoms with Crippen LogP contribution in [0.5, 0.6) is 0 Å². The van der Waals surface area contributed by atoms with E-state index in [0.29, 0.717) is 6.54 Å². The Hall–Kier alpha value is -2.08. The number of benzene rings is 1. The van der Waals surface area contributed by atoms with Gasteiger partial charge in [0.15, 0.2) is 5.96 Å². The maximum atomic E-state index is 7.74. The minimum absolute atomic E-state index is 0.143. The Morgan fingerprint density at radius 1 is 1.05 bits per heavy atom. The highest BCUT2D eigenvalue weighted by atomic mass is 15.6. The number of nitrogens with one attached hydrogen (secondary N) is 5. The zero-order chi connectivity index (χ0) is 14.2. The van der Waals surface area contributed by atoms with Gasteiger partial charge in [0.2, 0.25) is 5.96 Å². The predicted octanol–water partition coefficient (Wildman–Crippen LogP) is 0.878. The van der Waals surface area contributed by atoms with Crippen LogP contribution in [0.1, 0.15) is 18.4 Å². The molecule has 0 spiro atoms. The largest absolute Gasteiger partial charge is 0.356 e. The Labute approximate surface area is 119 Å². The second-order valence-electron chi connectivity index (χ2n) is 4.84. The van der Waals surface area contributed by atoms with Crippen molar-refractivity contribution >= 4 is 11.9 Å². The smallest absolute Gasteiger partial charge is 0.210 e. The van der Waals surface area contributed by atoms with E-state index in [-0.39, 0.29) is 11.9 Å². The van der Waals surface area contributed by atoms with Crippen LogP contribution in [-0.2, 0) is 6.42 Å². The Morgan fingerprint density at radius 3 is 2.45 bits per heavy atom. The van der Waals surface area contributed by atoms with Gasteiger partial charge in [-0.25, -0.2) is 5.01 Å². The van der Waals surface area contributed by atoms with Crippen molar-refractivity contribution in [2.24, 2.45) is 0 Å². The molecule has 20 heavy (non-hydrogen) atoms. The van der Waals surface area contributed by atoms with E-state index in [2.05, 4.69) is 28.2 Å². The fraction of sp³-hybridized carbons (Fsp3) is 0.429. The van der Waals surface area contributed by atoms with Crippen LogP contribution < -0.4 is 16.1 Å². The molecule has 5 N–H and O–H groups in total. The second kappa shape index (κ2) is 7.49.